The van der Waals surface area contributed by atoms with Gasteiger partial charge in [-0.1, -0.05) is 18.2 Å². The van der Waals surface area contributed by atoms with E-state index in [2.05, 4.69) is 11.6 Å². The summed E-state index contributed by atoms with van der Waals surface area (Å²) >= 11 is 0. The fourth-order valence-electron chi connectivity index (χ4n) is 2.13. The smallest absolute Gasteiger partial charge is 0.270 e. The van der Waals surface area contributed by atoms with Crippen molar-refractivity contribution >= 4 is 17.3 Å². The Morgan fingerprint density at radius 1 is 1.45 bits per heavy atom. The Kier molecular flexibility index (Phi) is 4.17. The number of hydrogen-bond acceptors (Lipinski definition) is 5. The van der Waals surface area contributed by atoms with Gasteiger partial charge in [0.1, 0.15) is 0 Å². The zero-order valence-corrected chi connectivity index (χ0v) is 11.7. The fourth-order valence-corrected chi connectivity index (χ4v) is 2.13. The zero-order chi connectivity index (χ0) is 16.3. The van der Waals surface area contributed by atoms with Crippen molar-refractivity contribution in [2.45, 2.75) is 6.42 Å². The third-order valence-electron chi connectivity index (χ3n) is 3.17. The second-order valence-electron chi connectivity index (χ2n) is 4.58. The molecule has 0 bridgehead atoms. The topological polar surface area (TPSA) is 125 Å². The fraction of sp³-hybridized carbons (Fsp3) is 0.0667. The Bertz CT molecular complexity index is 771. The summed E-state index contributed by atoms with van der Waals surface area (Å²) in [5, 5.41) is 10.9. The maximum absolute atomic E-state index is 11.4. The van der Waals surface area contributed by atoms with E-state index in [1.165, 1.54) is 18.3 Å². The molecule has 7 heteroatoms. The second kappa shape index (κ2) is 6.04. The minimum absolute atomic E-state index is 0.0543. The number of allylic oxidation sites excluding steroid dienone is 1. The predicted octanol–water partition coefficient (Wildman–Crippen LogP) is 2.07. The van der Waals surface area contributed by atoms with Crippen molar-refractivity contribution in [2.24, 2.45) is 5.73 Å². The first-order valence-corrected chi connectivity index (χ1v) is 6.38. The van der Waals surface area contributed by atoms with E-state index in [1.807, 2.05) is 0 Å². The van der Waals surface area contributed by atoms with Crippen LogP contribution in [0.2, 0.25) is 0 Å². The molecule has 0 aliphatic rings. The molecule has 7 nitrogen and oxygen atoms in total. The van der Waals surface area contributed by atoms with Crippen LogP contribution in [-0.4, -0.2) is 15.8 Å². The number of nitro benzene ring substituents is 1. The minimum atomic E-state index is -0.680. The highest BCUT2D eigenvalue weighted by Crippen LogP contribution is 2.30. The van der Waals surface area contributed by atoms with Gasteiger partial charge >= 0.3 is 0 Å². The van der Waals surface area contributed by atoms with Crippen molar-refractivity contribution in [2.75, 3.05) is 5.73 Å². The predicted molar refractivity (Wildman–Crippen MR) is 83.2 cm³/mol. The van der Waals surface area contributed by atoms with E-state index in [-0.39, 0.29) is 16.9 Å². The van der Waals surface area contributed by atoms with Crippen molar-refractivity contribution in [3.8, 4) is 11.3 Å². The van der Waals surface area contributed by atoms with Gasteiger partial charge in [-0.2, -0.15) is 0 Å². The number of nitrogens with two attached hydrogens (primary N) is 2. The van der Waals surface area contributed by atoms with Crippen molar-refractivity contribution in [3.63, 3.8) is 0 Å². The number of nitro groups is 1. The summed E-state index contributed by atoms with van der Waals surface area (Å²) < 4.78 is 0. The van der Waals surface area contributed by atoms with Gasteiger partial charge in [0, 0.05) is 29.5 Å². The van der Waals surface area contributed by atoms with Crippen LogP contribution in [0.5, 0.6) is 0 Å². The lowest BCUT2D eigenvalue weighted by Gasteiger charge is -2.12. The molecule has 0 spiro atoms. The summed E-state index contributed by atoms with van der Waals surface area (Å²) in [5.41, 5.74) is 13.1. The van der Waals surface area contributed by atoms with E-state index >= 15 is 0 Å². The molecule has 2 rings (SSSR count). The number of nitrogens with zero attached hydrogens (tertiary/aromatic N) is 2. The van der Waals surface area contributed by atoms with Crippen LogP contribution < -0.4 is 11.5 Å². The van der Waals surface area contributed by atoms with Gasteiger partial charge in [0.15, 0.2) is 0 Å². The largest absolute Gasteiger partial charge is 0.398 e. The second-order valence-corrected chi connectivity index (χ2v) is 4.58. The molecular weight excluding hydrogens is 284 g/mol. The molecule has 0 saturated heterocycles. The van der Waals surface area contributed by atoms with Crippen molar-refractivity contribution in [1.82, 2.24) is 4.98 Å². The number of non-ortho nitro benzene ring substituents is 1. The van der Waals surface area contributed by atoms with Gasteiger partial charge in [-0.25, -0.2) is 0 Å². The summed E-state index contributed by atoms with van der Waals surface area (Å²) in [7, 11) is 0. The lowest BCUT2D eigenvalue weighted by atomic mass is 9.99. The number of pyridine rings is 1. The number of primary amides is 1. The molecule has 0 saturated carbocycles. The summed E-state index contributed by atoms with van der Waals surface area (Å²) in [4.78, 5) is 26.0. The van der Waals surface area contributed by atoms with Gasteiger partial charge in [-0.05, 0) is 6.42 Å². The van der Waals surface area contributed by atoms with Crippen LogP contribution in [0.15, 0.2) is 43.1 Å². The molecule has 22 heavy (non-hydrogen) atoms. The Balaban J connectivity index is 2.67. The van der Waals surface area contributed by atoms with E-state index in [1.54, 1.807) is 18.2 Å². The van der Waals surface area contributed by atoms with Crippen molar-refractivity contribution in [1.29, 1.82) is 0 Å². The number of rotatable bonds is 5. The highest BCUT2D eigenvalue weighted by molar-refractivity contribution is 5.99. The highest BCUT2D eigenvalue weighted by Gasteiger charge is 2.17. The zero-order valence-electron chi connectivity index (χ0n) is 11.7. The molecule has 0 radical (unpaired) electrons. The number of carbonyl (C=O) groups excluding carboxylic acids is 1. The van der Waals surface area contributed by atoms with Gasteiger partial charge in [0.2, 0.25) is 0 Å². The van der Waals surface area contributed by atoms with Gasteiger partial charge < -0.3 is 11.5 Å². The molecular formula is C15H14N4O3. The summed E-state index contributed by atoms with van der Waals surface area (Å²) in [6, 6.07) is 6.03. The van der Waals surface area contributed by atoms with E-state index in [4.69, 9.17) is 11.5 Å². The van der Waals surface area contributed by atoms with Crippen LogP contribution in [0.25, 0.3) is 11.3 Å². The SMILES string of the molecule is C=CCc1c(-c2cccc([N+](=O)[O-])c2)ncc(C(N)=O)c1N. The Morgan fingerprint density at radius 3 is 2.77 bits per heavy atom. The summed E-state index contributed by atoms with van der Waals surface area (Å²) in [6.07, 6.45) is 3.25. The number of carbonyl (C=O) groups is 1. The normalized spacial score (nSPS) is 10.2. The Hall–Kier alpha value is -3.22. The molecule has 0 atom stereocenters. The molecule has 1 aromatic carbocycles. The van der Waals surface area contributed by atoms with Crippen molar-refractivity contribution in [3.05, 3.63) is 64.4 Å². The summed E-state index contributed by atoms with van der Waals surface area (Å²) in [6.45, 7) is 3.64. The molecule has 2 aromatic rings. The van der Waals surface area contributed by atoms with Gasteiger partial charge in [-0.15, -0.1) is 6.58 Å². The summed E-state index contributed by atoms with van der Waals surface area (Å²) in [5.74, 6) is -0.680. The van der Waals surface area contributed by atoms with Crippen LogP contribution in [0.4, 0.5) is 11.4 Å². The van der Waals surface area contributed by atoms with Crippen LogP contribution in [-0.2, 0) is 6.42 Å². The maximum atomic E-state index is 11.4. The number of anilines is 1. The van der Waals surface area contributed by atoms with Crippen LogP contribution >= 0.6 is 0 Å². The first kappa shape index (κ1) is 15.2. The maximum Gasteiger partial charge on any atom is 0.270 e. The number of amides is 1. The molecule has 1 amide bonds. The molecule has 0 unspecified atom stereocenters. The molecule has 0 aliphatic carbocycles. The van der Waals surface area contributed by atoms with Crippen LogP contribution in [0.1, 0.15) is 15.9 Å². The van der Waals surface area contributed by atoms with Crippen molar-refractivity contribution < 1.29 is 9.72 Å². The quantitative estimate of drug-likeness (QED) is 0.496. The highest BCUT2D eigenvalue weighted by atomic mass is 16.6. The third-order valence-corrected chi connectivity index (χ3v) is 3.17. The molecule has 0 aliphatic heterocycles. The first-order valence-electron chi connectivity index (χ1n) is 6.38. The number of benzene rings is 1. The first-order chi connectivity index (χ1) is 10.5. The molecule has 1 heterocycles. The third kappa shape index (κ3) is 2.78. The van der Waals surface area contributed by atoms with Gasteiger partial charge in [-0.3, -0.25) is 19.9 Å². The lowest BCUT2D eigenvalue weighted by Crippen LogP contribution is -2.16. The van der Waals surface area contributed by atoms with E-state index in [0.29, 0.717) is 23.2 Å². The number of hydrogen-bond donors (Lipinski definition) is 2. The minimum Gasteiger partial charge on any atom is -0.398 e. The number of aromatic nitrogens is 1. The van der Waals surface area contributed by atoms with Gasteiger partial charge in [0.25, 0.3) is 11.6 Å². The average molecular weight is 298 g/mol. The standard InChI is InChI=1S/C15H14N4O3/c1-2-4-11-13(16)12(15(17)20)8-18-14(11)9-5-3-6-10(7-9)19(21)22/h2-3,5-8H,1,4H2,(H2,16,18)(H2,17,20). The van der Waals surface area contributed by atoms with Crippen LogP contribution in [0, 0.1) is 10.1 Å². The molecule has 4 N–H and O–H groups in total. The van der Waals surface area contributed by atoms with Gasteiger partial charge in [0.05, 0.1) is 21.9 Å². The van der Waals surface area contributed by atoms with E-state index in [9.17, 15) is 14.9 Å². The van der Waals surface area contributed by atoms with E-state index < -0.39 is 10.8 Å². The lowest BCUT2D eigenvalue weighted by molar-refractivity contribution is -0.384. The number of nitrogen functional groups attached to an aromatic ring is 1. The van der Waals surface area contributed by atoms with Crippen LogP contribution in [0.3, 0.4) is 0 Å². The molecule has 112 valence electrons. The molecule has 0 fully saturated rings. The Morgan fingerprint density at radius 2 is 2.18 bits per heavy atom. The monoisotopic (exact) mass is 298 g/mol. The van der Waals surface area contributed by atoms with E-state index in [0.717, 1.165) is 0 Å². The molecule has 1 aromatic heterocycles. The Labute approximate surface area is 126 Å². The average Bonchev–Trinajstić information content (AvgIpc) is 2.49.